The standard InChI is InChI=1S/C21H26N4O5/c1-2-3-10-25-20(28)16-7-5-4-6-15(16)18(23-25)21(29)30-13-17(26)24-11-8-14(9-12-24)19(22)27/h4-7,14H,2-3,8-13H2,1H3,(H2,22,27). The lowest BCUT2D eigenvalue weighted by molar-refractivity contribution is -0.137. The highest BCUT2D eigenvalue weighted by Crippen LogP contribution is 2.17. The molecule has 9 nitrogen and oxygen atoms in total. The van der Waals surface area contributed by atoms with E-state index in [0.29, 0.717) is 43.2 Å². The molecule has 0 aliphatic carbocycles. The summed E-state index contributed by atoms with van der Waals surface area (Å²) in [5, 5.41) is 4.99. The number of fused-ring (bicyclic) bond motifs is 1. The fourth-order valence-electron chi connectivity index (χ4n) is 3.55. The number of nitrogens with zero attached hydrogens (tertiary/aromatic N) is 3. The van der Waals surface area contributed by atoms with Gasteiger partial charge in [-0.15, -0.1) is 0 Å². The number of esters is 1. The molecule has 0 atom stereocenters. The van der Waals surface area contributed by atoms with E-state index in [-0.39, 0.29) is 29.0 Å². The Labute approximate surface area is 173 Å². The van der Waals surface area contributed by atoms with Crippen molar-refractivity contribution in [3.8, 4) is 0 Å². The van der Waals surface area contributed by atoms with Crippen LogP contribution >= 0.6 is 0 Å². The van der Waals surface area contributed by atoms with Crippen LogP contribution < -0.4 is 11.3 Å². The number of nitrogens with two attached hydrogens (primary N) is 1. The number of rotatable bonds is 7. The Morgan fingerprint density at radius 1 is 1.17 bits per heavy atom. The van der Waals surface area contributed by atoms with E-state index in [0.717, 1.165) is 12.8 Å². The number of carbonyl (C=O) groups excluding carboxylic acids is 3. The normalized spacial score (nSPS) is 14.6. The van der Waals surface area contributed by atoms with Gasteiger partial charge in [0.2, 0.25) is 5.91 Å². The van der Waals surface area contributed by atoms with Gasteiger partial charge in [0.05, 0.1) is 5.39 Å². The summed E-state index contributed by atoms with van der Waals surface area (Å²) >= 11 is 0. The topological polar surface area (TPSA) is 125 Å². The molecule has 0 spiro atoms. The predicted octanol–water partition coefficient (Wildman–Crippen LogP) is 1.08. The van der Waals surface area contributed by atoms with E-state index in [2.05, 4.69) is 5.10 Å². The minimum atomic E-state index is -0.753. The summed E-state index contributed by atoms with van der Waals surface area (Å²) in [5.41, 5.74) is 5.06. The summed E-state index contributed by atoms with van der Waals surface area (Å²) in [7, 11) is 0. The molecule has 1 aromatic carbocycles. The molecule has 2 N–H and O–H groups in total. The molecular weight excluding hydrogens is 388 g/mol. The third kappa shape index (κ3) is 4.67. The van der Waals surface area contributed by atoms with E-state index in [1.165, 1.54) is 4.68 Å². The number of benzene rings is 1. The Kier molecular flexibility index (Phi) is 6.81. The van der Waals surface area contributed by atoms with Crippen molar-refractivity contribution in [2.75, 3.05) is 19.7 Å². The number of likely N-dealkylation sites (tertiary alicyclic amines) is 1. The number of aryl methyl sites for hydroxylation is 1. The number of primary amides is 1. The van der Waals surface area contributed by atoms with Gasteiger partial charge < -0.3 is 15.4 Å². The molecule has 1 aliphatic heterocycles. The zero-order valence-electron chi connectivity index (χ0n) is 17.0. The van der Waals surface area contributed by atoms with E-state index in [4.69, 9.17) is 10.5 Å². The van der Waals surface area contributed by atoms with Gasteiger partial charge in [0.15, 0.2) is 12.3 Å². The monoisotopic (exact) mass is 414 g/mol. The predicted molar refractivity (Wildman–Crippen MR) is 110 cm³/mol. The van der Waals surface area contributed by atoms with Crippen LogP contribution in [0, 0.1) is 5.92 Å². The number of aromatic nitrogens is 2. The van der Waals surface area contributed by atoms with Gasteiger partial charge in [0, 0.05) is 30.9 Å². The first kappa shape index (κ1) is 21.5. The molecule has 1 aromatic heterocycles. The van der Waals surface area contributed by atoms with Gasteiger partial charge in [0.1, 0.15) is 0 Å². The van der Waals surface area contributed by atoms with Crippen molar-refractivity contribution in [1.82, 2.24) is 14.7 Å². The molecule has 2 aromatic rings. The van der Waals surface area contributed by atoms with E-state index in [1.54, 1.807) is 29.2 Å². The van der Waals surface area contributed by atoms with Gasteiger partial charge in [-0.2, -0.15) is 5.10 Å². The van der Waals surface area contributed by atoms with Crippen molar-refractivity contribution in [3.63, 3.8) is 0 Å². The van der Waals surface area contributed by atoms with E-state index < -0.39 is 12.6 Å². The molecule has 30 heavy (non-hydrogen) atoms. The Morgan fingerprint density at radius 2 is 1.83 bits per heavy atom. The lowest BCUT2D eigenvalue weighted by atomic mass is 9.96. The fraction of sp³-hybridized carbons (Fsp3) is 0.476. The van der Waals surface area contributed by atoms with Crippen LogP contribution in [0.5, 0.6) is 0 Å². The number of carbonyl (C=O) groups is 3. The third-order valence-corrected chi connectivity index (χ3v) is 5.36. The second-order valence-corrected chi connectivity index (χ2v) is 7.41. The molecular formula is C21H26N4O5. The quantitative estimate of drug-likeness (QED) is 0.676. The Morgan fingerprint density at radius 3 is 2.47 bits per heavy atom. The number of amides is 2. The highest BCUT2D eigenvalue weighted by atomic mass is 16.5. The summed E-state index contributed by atoms with van der Waals surface area (Å²) in [6.45, 7) is 2.76. The zero-order valence-corrected chi connectivity index (χ0v) is 17.0. The molecule has 1 aliphatic rings. The minimum Gasteiger partial charge on any atom is -0.451 e. The van der Waals surface area contributed by atoms with Gasteiger partial charge in [0.25, 0.3) is 11.5 Å². The first-order valence-corrected chi connectivity index (χ1v) is 10.2. The van der Waals surface area contributed by atoms with Crippen LogP contribution in [0.4, 0.5) is 0 Å². The molecule has 0 saturated carbocycles. The number of unbranched alkanes of at least 4 members (excludes halogenated alkanes) is 1. The molecule has 3 rings (SSSR count). The molecule has 0 unspecified atom stereocenters. The van der Waals surface area contributed by atoms with Crippen molar-refractivity contribution in [1.29, 1.82) is 0 Å². The molecule has 0 bridgehead atoms. The molecule has 2 amide bonds. The molecule has 1 saturated heterocycles. The van der Waals surface area contributed by atoms with Gasteiger partial charge in [-0.3, -0.25) is 14.4 Å². The van der Waals surface area contributed by atoms with Gasteiger partial charge in [-0.05, 0) is 25.3 Å². The van der Waals surface area contributed by atoms with E-state index >= 15 is 0 Å². The van der Waals surface area contributed by atoms with Crippen molar-refractivity contribution in [2.24, 2.45) is 11.7 Å². The molecule has 9 heteroatoms. The first-order valence-electron chi connectivity index (χ1n) is 10.2. The van der Waals surface area contributed by atoms with Crippen LogP contribution in [0.1, 0.15) is 43.1 Å². The highest BCUT2D eigenvalue weighted by Gasteiger charge is 2.27. The minimum absolute atomic E-state index is 0.0153. The largest absolute Gasteiger partial charge is 0.451 e. The Hall–Kier alpha value is -3.23. The van der Waals surface area contributed by atoms with E-state index in [1.807, 2.05) is 6.92 Å². The lowest BCUT2D eigenvalue weighted by Crippen LogP contribution is -2.43. The van der Waals surface area contributed by atoms with Gasteiger partial charge in [-0.25, -0.2) is 9.48 Å². The maximum atomic E-state index is 12.7. The van der Waals surface area contributed by atoms with Crippen molar-refractivity contribution in [3.05, 3.63) is 40.3 Å². The fourth-order valence-corrected chi connectivity index (χ4v) is 3.55. The Bertz CT molecular complexity index is 1010. The molecule has 2 heterocycles. The number of piperidine rings is 1. The second kappa shape index (κ2) is 9.51. The van der Waals surface area contributed by atoms with Gasteiger partial charge in [-0.1, -0.05) is 31.5 Å². The van der Waals surface area contributed by atoms with Crippen molar-refractivity contribution < 1.29 is 19.1 Å². The maximum absolute atomic E-state index is 12.7. The SMILES string of the molecule is CCCCn1nc(C(=O)OCC(=O)N2CCC(C(N)=O)CC2)c2ccccc2c1=O. The summed E-state index contributed by atoms with van der Waals surface area (Å²) in [5.74, 6) is -1.67. The van der Waals surface area contributed by atoms with Crippen LogP contribution in [-0.2, 0) is 20.9 Å². The van der Waals surface area contributed by atoms with Crippen molar-refractivity contribution in [2.45, 2.75) is 39.2 Å². The third-order valence-electron chi connectivity index (χ3n) is 5.36. The second-order valence-electron chi connectivity index (χ2n) is 7.41. The zero-order chi connectivity index (χ0) is 21.7. The van der Waals surface area contributed by atoms with Crippen LogP contribution in [0.25, 0.3) is 10.8 Å². The lowest BCUT2D eigenvalue weighted by Gasteiger charge is -2.30. The van der Waals surface area contributed by atoms with Crippen LogP contribution in [0.2, 0.25) is 0 Å². The summed E-state index contributed by atoms with van der Waals surface area (Å²) in [6.07, 6.45) is 2.63. The van der Waals surface area contributed by atoms with E-state index in [9.17, 15) is 19.2 Å². The molecule has 1 fully saturated rings. The van der Waals surface area contributed by atoms with Crippen LogP contribution in [0.15, 0.2) is 29.1 Å². The highest BCUT2D eigenvalue weighted by molar-refractivity contribution is 6.02. The average molecular weight is 414 g/mol. The molecule has 160 valence electrons. The number of hydrogen-bond donors (Lipinski definition) is 1. The number of ether oxygens (including phenoxy) is 1. The van der Waals surface area contributed by atoms with Gasteiger partial charge >= 0.3 is 5.97 Å². The number of hydrogen-bond acceptors (Lipinski definition) is 6. The summed E-state index contributed by atoms with van der Waals surface area (Å²) in [6, 6.07) is 6.72. The first-order chi connectivity index (χ1) is 14.4. The van der Waals surface area contributed by atoms with Crippen LogP contribution in [-0.4, -0.2) is 52.2 Å². The summed E-state index contributed by atoms with van der Waals surface area (Å²) < 4.78 is 6.50. The van der Waals surface area contributed by atoms with Crippen LogP contribution in [0.3, 0.4) is 0 Å². The van der Waals surface area contributed by atoms with Crippen molar-refractivity contribution >= 4 is 28.6 Å². The average Bonchev–Trinajstić information content (AvgIpc) is 2.77. The Balaban J connectivity index is 1.72. The molecule has 0 radical (unpaired) electrons. The summed E-state index contributed by atoms with van der Waals surface area (Å²) in [4.78, 5) is 50.5. The smallest absolute Gasteiger partial charge is 0.359 e. The maximum Gasteiger partial charge on any atom is 0.359 e.